The molecular weight excluding hydrogens is 258 g/mol. The zero-order chi connectivity index (χ0) is 13.8. The molecule has 3 aromatic carbocycles. The van der Waals surface area contributed by atoms with E-state index >= 15 is 0 Å². The zero-order valence-electron chi connectivity index (χ0n) is 11.3. The third-order valence-corrected chi connectivity index (χ3v) is 7.13. The van der Waals surface area contributed by atoms with E-state index in [9.17, 15) is 0 Å². The molecule has 0 N–H and O–H groups in total. The molecule has 0 atom stereocenters. The summed E-state index contributed by atoms with van der Waals surface area (Å²) in [6, 6.07) is 31.9. The molecule has 0 aliphatic heterocycles. The predicted octanol–water partition coefficient (Wildman–Crippen LogP) is 2.80. The third-order valence-electron chi connectivity index (χ3n) is 3.59. The van der Waals surface area contributed by atoms with Gasteiger partial charge in [-0.3, -0.25) is 0 Å². The van der Waals surface area contributed by atoms with Crippen LogP contribution in [0.15, 0.2) is 91.0 Å². The average Bonchev–Trinajstić information content (AvgIpc) is 2.56. The van der Waals surface area contributed by atoms with Crippen LogP contribution in [0.3, 0.4) is 0 Å². The van der Waals surface area contributed by atoms with Crippen LogP contribution in [-0.4, -0.2) is 7.18 Å². The Morgan fingerprint density at radius 2 is 0.700 bits per heavy atom. The molecule has 0 nitrogen and oxygen atoms in total. The van der Waals surface area contributed by atoms with E-state index in [2.05, 4.69) is 91.0 Å². The van der Waals surface area contributed by atoms with Crippen molar-refractivity contribution in [1.82, 2.24) is 0 Å². The van der Waals surface area contributed by atoms with Crippen LogP contribution in [-0.2, 0) is 0 Å². The van der Waals surface area contributed by atoms with E-state index in [0.717, 1.165) is 0 Å². The number of benzene rings is 3. The Balaban J connectivity index is 2.27. The monoisotopic (exact) mass is 274 g/mol. The Kier molecular flexibility index (Phi) is 3.71. The first-order valence-electron chi connectivity index (χ1n) is 6.72. The summed E-state index contributed by atoms with van der Waals surface area (Å²) in [4.78, 5) is 0. The summed E-state index contributed by atoms with van der Waals surface area (Å²) in [5.74, 6) is 0. The molecule has 20 heavy (non-hydrogen) atoms. The first-order valence-corrected chi connectivity index (χ1v) is 8.69. The van der Waals surface area contributed by atoms with E-state index in [4.69, 9.17) is 7.18 Å². The van der Waals surface area contributed by atoms with Crippen LogP contribution in [0, 0.1) is 0 Å². The fourth-order valence-electron chi connectivity index (χ4n) is 2.49. The van der Waals surface area contributed by atoms with Crippen molar-refractivity contribution in [2.45, 2.75) is 0 Å². The Hall–Kier alpha value is -1.85. The van der Waals surface area contributed by atoms with Gasteiger partial charge >= 0.3 is 121 Å². The van der Waals surface area contributed by atoms with Gasteiger partial charge in [-0.05, 0) is 0 Å². The van der Waals surface area contributed by atoms with Gasteiger partial charge in [-0.15, -0.1) is 0 Å². The van der Waals surface area contributed by atoms with Crippen molar-refractivity contribution in [2.24, 2.45) is 0 Å². The van der Waals surface area contributed by atoms with E-state index in [1.54, 1.807) is 0 Å². The van der Waals surface area contributed by atoms with Gasteiger partial charge in [0.2, 0.25) is 0 Å². The van der Waals surface area contributed by atoms with Crippen LogP contribution in [0.1, 0.15) is 0 Å². The minimum absolute atomic E-state index is 1.32. The van der Waals surface area contributed by atoms with Crippen LogP contribution in [0.4, 0.5) is 0 Å². The average molecular weight is 274 g/mol. The van der Waals surface area contributed by atoms with Crippen molar-refractivity contribution in [1.29, 1.82) is 0 Å². The van der Waals surface area contributed by atoms with Crippen LogP contribution in [0.5, 0.6) is 0 Å². The van der Waals surface area contributed by atoms with Gasteiger partial charge in [0.25, 0.3) is 0 Å². The molecule has 0 saturated carbocycles. The molecule has 0 amide bonds. The summed E-state index contributed by atoms with van der Waals surface area (Å²) < 4.78 is 0. The standard InChI is InChI=1S/C18H16BP/c19-20(16-10-4-1-5-11-16,17-12-6-2-7-13-17)18-14-8-3-9-15-18/h1-15,19H. The second kappa shape index (κ2) is 5.65. The molecule has 2 heteroatoms. The normalized spacial score (nSPS) is 11.2. The second-order valence-electron chi connectivity index (χ2n) is 4.82. The van der Waals surface area contributed by atoms with Crippen molar-refractivity contribution >= 4 is 29.9 Å². The summed E-state index contributed by atoms with van der Waals surface area (Å²) in [5, 5.41) is 3.95. The molecule has 0 spiro atoms. The molecule has 0 heterocycles. The summed E-state index contributed by atoms with van der Waals surface area (Å²) >= 11 is 0. The number of rotatable bonds is 3. The molecular formula is C18H16BP. The first-order chi connectivity index (χ1) is 9.82. The van der Waals surface area contributed by atoms with Gasteiger partial charge in [-0.2, -0.15) is 0 Å². The summed E-state index contributed by atoms with van der Waals surface area (Å²) in [6.07, 6.45) is 0. The Morgan fingerprint density at radius 3 is 0.950 bits per heavy atom. The quantitative estimate of drug-likeness (QED) is 0.509. The fraction of sp³-hybridized carbons (Fsp3) is 0. The number of hydrogen-bond acceptors (Lipinski definition) is 0. The Morgan fingerprint density at radius 1 is 0.450 bits per heavy atom. The van der Waals surface area contributed by atoms with Crippen LogP contribution < -0.4 is 15.9 Å². The molecule has 96 valence electrons. The van der Waals surface area contributed by atoms with Crippen molar-refractivity contribution in [2.75, 3.05) is 0 Å². The molecule has 0 radical (unpaired) electrons. The fourth-order valence-corrected chi connectivity index (χ4v) is 5.43. The molecule has 0 saturated heterocycles. The predicted molar refractivity (Wildman–Crippen MR) is 92.3 cm³/mol. The molecule has 0 aliphatic carbocycles. The Labute approximate surface area is 121 Å². The van der Waals surface area contributed by atoms with Gasteiger partial charge in [0, 0.05) is 0 Å². The van der Waals surface area contributed by atoms with Crippen molar-refractivity contribution in [3.63, 3.8) is 0 Å². The number of hydrogen-bond donors (Lipinski definition) is 0. The van der Waals surface area contributed by atoms with E-state index in [-0.39, 0.29) is 0 Å². The second-order valence-corrected chi connectivity index (χ2v) is 7.99. The SMILES string of the molecule is B=P(c1ccccc1)(c1ccccc1)c1ccccc1. The van der Waals surface area contributed by atoms with Crippen molar-refractivity contribution in [3.05, 3.63) is 91.0 Å². The Bertz CT molecular complexity index is 618. The van der Waals surface area contributed by atoms with Gasteiger partial charge in [0.15, 0.2) is 0 Å². The van der Waals surface area contributed by atoms with Crippen molar-refractivity contribution < 1.29 is 0 Å². The van der Waals surface area contributed by atoms with Crippen molar-refractivity contribution in [3.8, 4) is 0 Å². The topological polar surface area (TPSA) is 0 Å². The van der Waals surface area contributed by atoms with Gasteiger partial charge in [-0.25, -0.2) is 0 Å². The van der Waals surface area contributed by atoms with E-state index in [1.165, 1.54) is 15.9 Å². The minimum atomic E-state index is -1.78. The molecule has 0 aromatic heterocycles. The van der Waals surface area contributed by atoms with Gasteiger partial charge in [0.1, 0.15) is 0 Å². The summed E-state index contributed by atoms with van der Waals surface area (Å²) in [7, 11) is 4.69. The van der Waals surface area contributed by atoms with E-state index < -0.39 is 6.75 Å². The molecule has 0 aliphatic rings. The summed E-state index contributed by atoms with van der Waals surface area (Å²) in [5.41, 5.74) is 0. The summed E-state index contributed by atoms with van der Waals surface area (Å²) in [6.45, 7) is -1.78. The van der Waals surface area contributed by atoms with Crippen LogP contribution >= 0.6 is 6.75 Å². The third kappa shape index (κ3) is 2.30. The molecule has 3 aromatic rings. The molecule has 0 bridgehead atoms. The van der Waals surface area contributed by atoms with E-state index in [1.807, 2.05) is 0 Å². The van der Waals surface area contributed by atoms with Gasteiger partial charge in [0.05, 0.1) is 0 Å². The van der Waals surface area contributed by atoms with Crippen LogP contribution in [0.25, 0.3) is 0 Å². The molecule has 0 fully saturated rings. The molecule has 0 unspecified atom stereocenters. The molecule has 3 rings (SSSR count). The van der Waals surface area contributed by atoms with Gasteiger partial charge in [-0.1, -0.05) is 0 Å². The van der Waals surface area contributed by atoms with Gasteiger partial charge < -0.3 is 0 Å². The maximum absolute atomic E-state index is 4.69. The maximum atomic E-state index is 4.69. The zero-order valence-corrected chi connectivity index (χ0v) is 12.2. The van der Waals surface area contributed by atoms with E-state index in [0.29, 0.717) is 0 Å². The van der Waals surface area contributed by atoms with Crippen LogP contribution in [0.2, 0.25) is 0 Å². The first kappa shape index (κ1) is 13.2.